The van der Waals surface area contributed by atoms with Crippen molar-refractivity contribution in [2.75, 3.05) is 13.2 Å². The fraction of sp³-hybridized carbons (Fsp3) is 0.240. The SMILES string of the molecule is NC(=O)CN(C(=O)c1ccc(OCC(F)(F)F)nc1)[C@@H]1CCc2ccc(Cl)cc21.c1ccccc1. The third kappa shape index (κ3) is 7.71. The molecule has 10 heteroatoms. The van der Waals surface area contributed by atoms with Crippen LogP contribution >= 0.6 is 11.6 Å². The number of rotatable bonds is 6. The fourth-order valence-corrected chi connectivity index (χ4v) is 3.85. The number of aryl methyl sites for hydroxylation is 1. The van der Waals surface area contributed by atoms with Gasteiger partial charge in [0, 0.05) is 17.3 Å². The number of fused-ring (bicyclic) bond motifs is 1. The molecular weight excluding hydrogens is 483 g/mol. The number of aromatic nitrogens is 1. The Balaban J connectivity index is 0.000000497. The van der Waals surface area contributed by atoms with Crippen LogP contribution in [-0.2, 0) is 11.2 Å². The lowest BCUT2D eigenvalue weighted by molar-refractivity contribution is -0.154. The summed E-state index contributed by atoms with van der Waals surface area (Å²) in [6.45, 7) is -1.80. The highest BCUT2D eigenvalue weighted by Gasteiger charge is 2.33. The lowest BCUT2D eigenvalue weighted by Crippen LogP contribution is -2.40. The average molecular weight is 506 g/mol. The van der Waals surface area contributed by atoms with Crippen LogP contribution in [0.25, 0.3) is 0 Å². The maximum absolute atomic E-state index is 13.0. The van der Waals surface area contributed by atoms with E-state index < -0.39 is 30.6 Å². The molecule has 0 radical (unpaired) electrons. The van der Waals surface area contributed by atoms with Crippen molar-refractivity contribution in [3.63, 3.8) is 0 Å². The minimum atomic E-state index is -4.49. The van der Waals surface area contributed by atoms with Crippen molar-refractivity contribution in [1.82, 2.24) is 9.88 Å². The Hall–Kier alpha value is -3.59. The van der Waals surface area contributed by atoms with E-state index in [2.05, 4.69) is 9.72 Å². The topological polar surface area (TPSA) is 85.5 Å². The van der Waals surface area contributed by atoms with E-state index in [0.29, 0.717) is 17.9 Å². The zero-order valence-corrected chi connectivity index (χ0v) is 19.3. The first-order valence-electron chi connectivity index (χ1n) is 10.7. The molecule has 1 aliphatic carbocycles. The largest absolute Gasteiger partial charge is 0.468 e. The number of carbonyl (C=O) groups is 2. The summed E-state index contributed by atoms with van der Waals surface area (Å²) in [5.41, 5.74) is 7.29. The van der Waals surface area contributed by atoms with E-state index in [1.165, 1.54) is 17.0 Å². The second kappa shape index (κ2) is 11.7. The van der Waals surface area contributed by atoms with Crippen molar-refractivity contribution in [3.8, 4) is 5.88 Å². The van der Waals surface area contributed by atoms with Crippen LogP contribution in [0.5, 0.6) is 5.88 Å². The molecule has 184 valence electrons. The van der Waals surface area contributed by atoms with Crippen molar-refractivity contribution >= 4 is 23.4 Å². The van der Waals surface area contributed by atoms with Gasteiger partial charge in [-0.3, -0.25) is 9.59 Å². The summed E-state index contributed by atoms with van der Waals surface area (Å²) in [5.74, 6) is -1.47. The Bertz CT molecular complexity index is 1120. The highest BCUT2D eigenvalue weighted by Crippen LogP contribution is 2.37. The van der Waals surface area contributed by atoms with Crippen LogP contribution in [-0.4, -0.2) is 41.0 Å². The quantitative estimate of drug-likeness (QED) is 0.512. The lowest BCUT2D eigenvalue weighted by atomic mass is 10.1. The predicted molar refractivity (Wildman–Crippen MR) is 125 cm³/mol. The number of carbonyl (C=O) groups excluding carboxylic acids is 2. The summed E-state index contributed by atoms with van der Waals surface area (Å²) >= 11 is 6.08. The van der Waals surface area contributed by atoms with Gasteiger partial charge >= 0.3 is 6.18 Å². The van der Waals surface area contributed by atoms with Gasteiger partial charge in [0.1, 0.15) is 6.54 Å². The van der Waals surface area contributed by atoms with Gasteiger partial charge in [0.05, 0.1) is 11.6 Å². The van der Waals surface area contributed by atoms with E-state index in [1.807, 2.05) is 42.5 Å². The molecule has 0 unspecified atom stereocenters. The molecule has 35 heavy (non-hydrogen) atoms. The summed E-state index contributed by atoms with van der Waals surface area (Å²) in [4.78, 5) is 29.7. The smallest absolute Gasteiger partial charge is 0.422 e. The molecule has 6 nitrogen and oxygen atoms in total. The highest BCUT2D eigenvalue weighted by atomic mass is 35.5. The number of hydrogen-bond donors (Lipinski definition) is 1. The normalized spacial score (nSPS) is 14.3. The molecule has 0 saturated carbocycles. The summed E-state index contributed by atoms with van der Waals surface area (Å²) < 4.78 is 41.2. The number of nitrogens with two attached hydrogens (primary N) is 1. The maximum atomic E-state index is 13.0. The van der Waals surface area contributed by atoms with E-state index in [-0.39, 0.29) is 18.0 Å². The third-order valence-corrected chi connectivity index (χ3v) is 5.39. The van der Waals surface area contributed by atoms with Crippen molar-refractivity contribution in [2.45, 2.75) is 25.1 Å². The molecule has 3 aromatic rings. The third-order valence-electron chi connectivity index (χ3n) is 5.15. The number of primary amides is 1. The van der Waals surface area contributed by atoms with Gasteiger partial charge in [-0.05, 0) is 42.2 Å². The van der Waals surface area contributed by atoms with Gasteiger partial charge < -0.3 is 15.4 Å². The lowest BCUT2D eigenvalue weighted by Gasteiger charge is -2.29. The van der Waals surface area contributed by atoms with E-state index in [9.17, 15) is 22.8 Å². The van der Waals surface area contributed by atoms with Crippen molar-refractivity contribution < 1.29 is 27.5 Å². The van der Waals surface area contributed by atoms with Gasteiger partial charge in [-0.2, -0.15) is 13.2 Å². The summed E-state index contributed by atoms with van der Waals surface area (Å²) in [6, 6.07) is 19.4. The predicted octanol–water partition coefficient (Wildman–Crippen LogP) is 4.98. The molecule has 1 aromatic heterocycles. The Morgan fingerprint density at radius 2 is 1.74 bits per heavy atom. The second-order valence-corrected chi connectivity index (χ2v) is 8.18. The van der Waals surface area contributed by atoms with Crippen molar-refractivity contribution in [1.29, 1.82) is 0 Å². The summed E-state index contributed by atoms with van der Waals surface area (Å²) in [6.07, 6.45) is -2.08. The van der Waals surface area contributed by atoms with Crippen LogP contribution in [0.3, 0.4) is 0 Å². The monoisotopic (exact) mass is 505 g/mol. The number of hydrogen-bond acceptors (Lipinski definition) is 4. The van der Waals surface area contributed by atoms with Crippen LogP contribution in [0.4, 0.5) is 13.2 Å². The van der Waals surface area contributed by atoms with E-state index in [4.69, 9.17) is 17.3 Å². The molecule has 4 rings (SSSR count). The van der Waals surface area contributed by atoms with Gasteiger partial charge in [0.15, 0.2) is 6.61 Å². The Kier molecular flexibility index (Phi) is 8.70. The Morgan fingerprint density at radius 3 is 2.29 bits per heavy atom. The zero-order valence-electron chi connectivity index (χ0n) is 18.5. The molecule has 1 heterocycles. The Morgan fingerprint density at radius 1 is 1.09 bits per heavy atom. The number of benzene rings is 2. The molecule has 2 amide bonds. The first-order valence-corrected chi connectivity index (χ1v) is 11.0. The fourth-order valence-electron chi connectivity index (χ4n) is 3.67. The molecule has 0 spiro atoms. The number of nitrogens with zero attached hydrogens (tertiary/aromatic N) is 2. The summed E-state index contributed by atoms with van der Waals surface area (Å²) in [7, 11) is 0. The van der Waals surface area contributed by atoms with Gasteiger partial charge in [-0.25, -0.2) is 4.98 Å². The number of halogens is 4. The minimum absolute atomic E-state index is 0.0982. The number of ether oxygens (including phenoxy) is 1. The van der Waals surface area contributed by atoms with Crippen molar-refractivity contribution in [2.24, 2.45) is 5.73 Å². The van der Waals surface area contributed by atoms with Gasteiger partial charge in [0.2, 0.25) is 11.8 Å². The first-order chi connectivity index (χ1) is 16.6. The summed E-state index contributed by atoms with van der Waals surface area (Å²) in [5, 5.41) is 0.509. The second-order valence-electron chi connectivity index (χ2n) is 7.74. The first kappa shape index (κ1) is 26.0. The van der Waals surface area contributed by atoms with E-state index in [0.717, 1.165) is 17.3 Å². The van der Waals surface area contributed by atoms with Crippen molar-refractivity contribution in [3.05, 3.63) is 94.6 Å². The minimum Gasteiger partial charge on any atom is -0.468 e. The molecule has 0 saturated heterocycles. The molecule has 2 N–H and O–H groups in total. The van der Waals surface area contributed by atoms with Crippen LogP contribution in [0.1, 0.15) is 33.9 Å². The molecule has 0 fully saturated rings. The number of amides is 2. The van der Waals surface area contributed by atoms with Crippen LogP contribution < -0.4 is 10.5 Å². The zero-order chi connectivity index (χ0) is 25.4. The average Bonchev–Trinajstić information content (AvgIpc) is 3.25. The standard InChI is InChI=1S/C19H17ClF3N3O3.C6H6/c20-13-4-1-11-2-5-15(14(11)7-13)26(9-16(24)27)18(28)12-3-6-17(25-8-12)29-10-19(21,22)23;1-2-4-6-5-3-1/h1,3-4,6-8,15H,2,5,9-10H2,(H2,24,27);1-6H/t15-;/m1./s1. The molecule has 1 aliphatic rings. The van der Waals surface area contributed by atoms with Gasteiger partial charge in [0.25, 0.3) is 5.91 Å². The van der Waals surface area contributed by atoms with E-state index >= 15 is 0 Å². The highest BCUT2D eigenvalue weighted by molar-refractivity contribution is 6.30. The number of pyridine rings is 1. The van der Waals surface area contributed by atoms with Gasteiger partial charge in [-0.15, -0.1) is 0 Å². The molecular formula is C25H23ClF3N3O3. The molecule has 0 bridgehead atoms. The molecule has 0 aliphatic heterocycles. The van der Waals surface area contributed by atoms with E-state index in [1.54, 1.807) is 12.1 Å². The van der Waals surface area contributed by atoms with Crippen LogP contribution in [0.2, 0.25) is 5.02 Å². The number of alkyl halides is 3. The van der Waals surface area contributed by atoms with Crippen LogP contribution in [0, 0.1) is 0 Å². The van der Waals surface area contributed by atoms with Gasteiger partial charge in [-0.1, -0.05) is 54.1 Å². The Labute approximate surface area is 205 Å². The molecule has 1 atom stereocenters. The maximum Gasteiger partial charge on any atom is 0.422 e. The van der Waals surface area contributed by atoms with Crippen LogP contribution in [0.15, 0.2) is 72.9 Å². The molecule has 2 aromatic carbocycles.